The van der Waals surface area contributed by atoms with Crippen molar-refractivity contribution in [3.8, 4) is 17.2 Å². The Kier molecular flexibility index (Phi) is 5.84. The van der Waals surface area contributed by atoms with E-state index in [1.54, 1.807) is 27.0 Å². The van der Waals surface area contributed by atoms with Gasteiger partial charge in [0.2, 0.25) is 0 Å². The number of aromatic nitrogens is 3. The standard InChI is InChI=1S/C19H19N3O5S/c1-10-15(18(24)26-4)11(2)20-16(10)13(23)9-28-19-22-21-17(27-19)12-7-5-6-8-14(12)25-3/h5-8,20H,9H2,1-4H3. The van der Waals surface area contributed by atoms with Crippen LogP contribution in [0.2, 0.25) is 0 Å². The number of thioether (sulfide) groups is 1. The molecule has 146 valence electrons. The van der Waals surface area contributed by atoms with Gasteiger partial charge < -0.3 is 18.9 Å². The number of hydrogen-bond donors (Lipinski definition) is 1. The first-order chi connectivity index (χ1) is 13.5. The van der Waals surface area contributed by atoms with Gasteiger partial charge in [0.25, 0.3) is 11.1 Å². The molecule has 0 amide bonds. The van der Waals surface area contributed by atoms with Crippen LogP contribution in [0.4, 0.5) is 0 Å². The molecule has 0 aliphatic heterocycles. The van der Waals surface area contributed by atoms with E-state index in [4.69, 9.17) is 13.9 Å². The predicted molar refractivity (Wildman–Crippen MR) is 103 cm³/mol. The van der Waals surface area contributed by atoms with Crippen LogP contribution >= 0.6 is 11.8 Å². The molecule has 0 saturated heterocycles. The number of aromatic amines is 1. The zero-order chi connectivity index (χ0) is 20.3. The number of Topliss-reactive ketones (excluding diaryl/α,β-unsaturated/α-hetero) is 1. The van der Waals surface area contributed by atoms with E-state index in [1.807, 2.05) is 18.2 Å². The Labute approximate surface area is 165 Å². The highest BCUT2D eigenvalue weighted by Crippen LogP contribution is 2.30. The lowest BCUT2D eigenvalue weighted by molar-refractivity contribution is 0.0599. The largest absolute Gasteiger partial charge is 0.496 e. The fraction of sp³-hybridized carbons (Fsp3) is 0.263. The number of H-pyrrole nitrogens is 1. The highest BCUT2D eigenvalue weighted by molar-refractivity contribution is 7.99. The normalized spacial score (nSPS) is 10.7. The average molecular weight is 401 g/mol. The van der Waals surface area contributed by atoms with Crippen LogP contribution in [0.5, 0.6) is 5.75 Å². The molecule has 2 heterocycles. The molecule has 1 N–H and O–H groups in total. The number of ketones is 1. The summed E-state index contributed by atoms with van der Waals surface area (Å²) in [6.45, 7) is 3.43. The molecule has 1 aromatic carbocycles. The van der Waals surface area contributed by atoms with Crippen LogP contribution < -0.4 is 4.74 Å². The van der Waals surface area contributed by atoms with Crippen LogP contribution in [-0.4, -0.2) is 46.9 Å². The van der Waals surface area contributed by atoms with E-state index in [2.05, 4.69) is 15.2 Å². The maximum atomic E-state index is 12.6. The SMILES string of the molecule is COC(=O)c1c(C)[nH]c(C(=O)CSc2nnc(-c3ccccc3OC)o2)c1C. The molecule has 3 aromatic rings. The summed E-state index contributed by atoms with van der Waals surface area (Å²) in [7, 11) is 2.87. The number of rotatable bonds is 7. The Hall–Kier alpha value is -3.07. The number of carbonyl (C=O) groups is 2. The molecule has 0 spiro atoms. The maximum absolute atomic E-state index is 12.6. The third kappa shape index (κ3) is 3.79. The first-order valence-corrected chi connectivity index (χ1v) is 9.35. The molecule has 28 heavy (non-hydrogen) atoms. The molecule has 8 nitrogen and oxygen atoms in total. The zero-order valence-corrected chi connectivity index (χ0v) is 16.7. The highest BCUT2D eigenvalue weighted by Gasteiger charge is 2.23. The van der Waals surface area contributed by atoms with Crippen molar-refractivity contribution in [3.05, 3.63) is 46.8 Å². The van der Waals surface area contributed by atoms with E-state index in [1.165, 1.54) is 7.11 Å². The monoisotopic (exact) mass is 401 g/mol. The van der Waals surface area contributed by atoms with Crippen molar-refractivity contribution in [1.29, 1.82) is 0 Å². The summed E-state index contributed by atoms with van der Waals surface area (Å²) in [5, 5.41) is 8.26. The van der Waals surface area contributed by atoms with Crippen LogP contribution in [0.15, 0.2) is 33.9 Å². The lowest BCUT2D eigenvalue weighted by Gasteiger charge is -2.03. The van der Waals surface area contributed by atoms with Crippen LogP contribution in [0.3, 0.4) is 0 Å². The van der Waals surface area contributed by atoms with Crippen molar-refractivity contribution in [3.63, 3.8) is 0 Å². The first-order valence-electron chi connectivity index (χ1n) is 8.36. The van der Waals surface area contributed by atoms with Gasteiger partial charge in [0.15, 0.2) is 5.78 Å². The summed E-state index contributed by atoms with van der Waals surface area (Å²) in [5.41, 5.74) is 2.58. The predicted octanol–water partition coefficient (Wildman–Crippen LogP) is 3.45. The Morgan fingerprint density at radius 3 is 2.64 bits per heavy atom. The number of aryl methyl sites for hydroxylation is 1. The maximum Gasteiger partial charge on any atom is 0.339 e. The summed E-state index contributed by atoms with van der Waals surface area (Å²) in [6.07, 6.45) is 0. The van der Waals surface area contributed by atoms with E-state index < -0.39 is 5.97 Å². The molecule has 0 fully saturated rings. The Bertz CT molecular complexity index is 1020. The molecule has 0 radical (unpaired) electrons. The summed E-state index contributed by atoms with van der Waals surface area (Å²) in [6, 6.07) is 7.29. The fourth-order valence-corrected chi connectivity index (χ4v) is 3.47. The van der Waals surface area contributed by atoms with Gasteiger partial charge in [0, 0.05) is 5.69 Å². The molecule has 0 atom stereocenters. The molecular weight excluding hydrogens is 382 g/mol. The summed E-state index contributed by atoms with van der Waals surface area (Å²) in [5.74, 6) is 0.350. The second-order valence-electron chi connectivity index (χ2n) is 5.90. The summed E-state index contributed by atoms with van der Waals surface area (Å²) < 4.78 is 15.7. The minimum atomic E-state index is -0.476. The topological polar surface area (TPSA) is 107 Å². The summed E-state index contributed by atoms with van der Waals surface area (Å²) in [4.78, 5) is 27.4. The smallest absolute Gasteiger partial charge is 0.339 e. The molecular formula is C19H19N3O5S. The second-order valence-corrected chi connectivity index (χ2v) is 6.83. The van der Waals surface area contributed by atoms with E-state index in [0.717, 1.165) is 11.8 Å². The lowest BCUT2D eigenvalue weighted by atomic mass is 10.1. The van der Waals surface area contributed by atoms with Crippen molar-refractivity contribution in [1.82, 2.24) is 15.2 Å². The number of methoxy groups -OCH3 is 2. The molecule has 0 aliphatic carbocycles. The number of nitrogens with one attached hydrogen (secondary N) is 1. The Morgan fingerprint density at radius 2 is 1.93 bits per heavy atom. The number of benzene rings is 1. The number of esters is 1. The number of ether oxygens (including phenoxy) is 2. The second kappa shape index (κ2) is 8.30. The third-order valence-electron chi connectivity index (χ3n) is 4.18. The van der Waals surface area contributed by atoms with E-state index >= 15 is 0 Å². The average Bonchev–Trinajstić information content (AvgIpc) is 3.29. The van der Waals surface area contributed by atoms with Gasteiger partial charge in [-0.1, -0.05) is 23.9 Å². The van der Waals surface area contributed by atoms with Gasteiger partial charge in [-0.25, -0.2) is 4.79 Å². The van der Waals surface area contributed by atoms with Crippen LogP contribution in [0.25, 0.3) is 11.5 Å². The molecule has 0 unspecified atom stereocenters. The lowest BCUT2D eigenvalue weighted by Crippen LogP contribution is -2.07. The minimum Gasteiger partial charge on any atom is -0.496 e. The molecule has 2 aromatic heterocycles. The van der Waals surface area contributed by atoms with Gasteiger partial charge in [-0.05, 0) is 31.5 Å². The minimum absolute atomic E-state index is 0.0783. The van der Waals surface area contributed by atoms with E-state index in [9.17, 15) is 9.59 Å². The van der Waals surface area contributed by atoms with E-state index in [-0.39, 0.29) is 16.8 Å². The zero-order valence-electron chi connectivity index (χ0n) is 15.9. The Morgan fingerprint density at radius 1 is 1.18 bits per heavy atom. The van der Waals surface area contributed by atoms with E-state index in [0.29, 0.717) is 39.7 Å². The van der Waals surface area contributed by atoms with Gasteiger partial charge >= 0.3 is 5.97 Å². The van der Waals surface area contributed by atoms with Crippen LogP contribution in [-0.2, 0) is 4.74 Å². The third-order valence-corrected chi connectivity index (χ3v) is 4.99. The van der Waals surface area contributed by atoms with Gasteiger partial charge in [0.05, 0.1) is 36.8 Å². The number of carbonyl (C=O) groups excluding carboxylic acids is 2. The first kappa shape index (κ1) is 19.7. The van der Waals surface area contributed by atoms with Crippen molar-refractivity contribution in [2.24, 2.45) is 0 Å². The van der Waals surface area contributed by atoms with Crippen molar-refractivity contribution in [2.75, 3.05) is 20.0 Å². The van der Waals surface area contributed by atoms with Crippen LogP contribution in [0.1, 0.15) is 32.1 Å². The van der Waals surface area contributed by atoms with Crippen molar-refractivity contribution in [2.45, 2.75) is 19.1 Å². The van der Waals surface area contributed by atoms with Crippen LogP contribution in [0, 0.1) is 13.8 Å². The quantitative estimate of drug-likeness (QED) is 0.364. The summed E-state index contributed by atoms with van der Waals surface area (Å²) >= 11 is 1.12. The molecule has 0 aliphatic rings. The highest BCUT2D eigenvalue weighted by atomic mass is 32.2. The molecule has 0 saturated carbocycles. The molecule has 0 bridgehead atoms. The Balaban J connectivity index is 1.73. The van der Waals surface area contributed by atoms with Gasteiger partial charge in [-0.2, -0.15) is 0 Å². The van der Waals surface area contributed by atoms with Gasteiger partial charge in [-0.3, -0.25) is 4.79 Å². The van der Waals surface area contributed by atoms with Crippen molar-refractivity contribution >= 4 is 23.5 Å². The molecule has 3 rings (SSSR count). The molecule has 9 heteroatoms. The fourth-order valence-electron chi connectivity index (χ4n) is 2.83. The number of nitrogens with zero attached hydrogens (tertiary/aromatic N) is 2. The van der Waals surface area contributed by atoms with Gasteiger partial charge in [-0.15, -0.1) is 10.2 Å². The van der Waals surface area contributed by atoms with Crippen molar-refractivity contribution < 1.29 is 23.5 Å². The number of hydrogen-bond acceptors (Lipinski definition) is 8. The number of para-hydroxylation sites is 1. The van der Waals surface area contributed by atoms with Gasteiger partial charge in [0.1, 0.15) is 5.75 Å².